The molecular formula is C39H49NO10. The summed E-state index contributed by atoms with van der Waals surface area (Å²) in [5.74, 6) is -0.612. The number of hydrogen-bond acceptors (Lipinski definition) is 10. The van der Waals surface area contributed by atoms with Crippen LogP contribution in [-0.4, -0.2) is 122 Å². The Morgan fingerprint density at radius 1 is 0.380 bits per heavy atom. The minimum Gasteiger partial charge on any atom is -0.377 e. The van der Waals surface area contributed by atoms with E-state index in [1.807, 2.05) is 54.6 Å². The van der Waals surface area contributed by atoms with Gasteiger partial charge in [-0.25, -0.2) is 0 Å². The molecule has 0 aromatic heterocycles. The smallest absolute Gasteiger partial charge is 0.253 e. The number of carbonyl (C=O) groups excluding carboxylic acids is 2. The molecule has 0 saturated heterocycles. The molecule has 0 unspecified atom stereocenters. The van der Waals surface area contributed by atoms with Gasteiger partial charge in [-0.3, -0.25) is 14.5 Å². The molecule has 0 bridgehead atoms. The summed E-state index contributed by atoms with van der Waals surface area (Å²) >= 11 is 0. The molecular weight excluding hydrogens is 642 g/mol. The lowest BCUT2D eigenvalue weighted by Gasteiger charge is -2.36. The summed E-state index contributed by atoms with van der Waals surface area (Å²) in [4.78, 5) is 24.0. The molecule has 0 saturated carbocycles. The molecule has 1 aliphatic heterocycles. The first kappa shape index (κ1) is 39.0. The van der Waals surface area contributed by atoms with Crippen LogP contribution in [0.3, 0.4) is 0 Å². The Morgan fingerprint density at radius 2 is 0.660 bits per heavy atom. The van der Waals surface area contributed by atoms with E-state index in [1.165, 1.54) is 12.2 Å². The van der Waals surface area contributed by atoms with Gasteiger partial charge in [-0.05, 0) is 16.7 Å². The molecule has 0 fully saturated rings. The fourth-order valence-electron chi connectivity index (χ4n) is 5.25. The molecule has 0 aliphatic carbocycles. The van der Waals surface area contributed by atoms with E-state index >= 15 is 0 Å². The van der Waals surface area contributed by atoms with Crippen LogP contribution in [0.15, 0.2) is 103 Å². The minimum absolute atomic E-state index is 0.238. The third-order valence-corrected chi connectivity index (χ3v) is 7.68. The third-order valence-electron chi connectivity index (χ3n) is 7.68. The van der Waals surface area contributed by atoms with Crippen LogP contribution in [0, 0.1) is 0 Å². The molecule has 2 amide bonds. The quantitative estimate of drug-likeness (QED) is 0.0629. The second kappa shape index (κ2) is 23.6. The Balaban J connectivity index is 0.942. The van der Waals surface area contributed by atoms with E-state index in [0.29, 0.717) is 92.5 Å². The van der Waals surface area contributed by atoms with E-state index in [9.17, 15) is 9.59 Å². The van der Waals surface area contributed by atoms with Crippen molar-refractivity contribution in [3.05, 3.63) is 120 Å². The highest BCUT2D eigenvalue weighted by molar-refractivity contribution is 6.12. The average Bonchev–Trinajstić information content (AvgIpc) is 3.48. The third kappa shape index (κ3) is 13.2. The van der Waals surface area contributed by atoms with Crippen LogP contribution in [0.1, 0.15) is 16.7 Å². The van der Waals surface area contributed by atoms with Crippen LogP contribution in [-0.2, 0) is 53.1 Å². The van der Waals surface area contributed by atoms with Crippen molar-refractivity contribution in [1.29, 1.82) is 0 Å². The van der Waals surface area contributed by atoms with Crippen molar-refractivity contribution in [3.63, 3.8) is 0 Å². The maximum absolute atomic E-state index is 11.4. The minimum atomic E-state index is -0.758. The SMILES string of the molecule is O=C1C=CC(=O)N1CCOCCOCCOCCOCCOCCOCCOCCOC(c1ccccc1)(c1ccccc1)c1ccccc1. The standard InChI is InChI=1S/C39H49NO10/c41-37-16-17-38(42)40(37)18-19-43-20-21-44-22-23-45-24-25-46-26-27-47-28-29-48-30-31-49-32-33-50-39(34-10-4-1-5-11-34,35-12-6-2-7-13-35)36-14-8-3-9-15-36/h1-17H,18-33H2. The topological polar surface area (TPSA) is 111 Å². The molecule has 0 spiro atoms. The number of ether oxygens (including phenoxy) is 8. The van der Waals surface area contributed by atoms with Crippen LogP contribution < -0.4 is 0 Å². The Kier molecular flexibility index (Phi) is 18.4. The second-order valence-electron chi connectivity index (χ2n) is 11.1. The molecule has 0 atom stereocenters. The number of benzene rings is 3. The van der Waals surface area contributed by atoms with E-state index < -0.39 is 5.60 Å². The fraction of sp³-hybridized carbons (Fsp3) is 0.436. The predicted octanol–water partition coefficient (Wildman–Crippen LogP) is 4.04. The van der Waals surface area contributed by atoms with E-state index in [0.717, 1.165) is 21.6 Å². The second-order valence-corrected chi connectivity index (χ2v) is 11.1. The van der Waals surface area contributed by atoms with Gasteiger partial charge < -0.3 is 37.9 Å². The first-order valence-corrected chi connectivity index (χ1v) is 17.1. The van der Waals surface area contributed by atoms with Gasteiger partial charge in [0.2, 0.25) is 0 Å². The van der Waals surface area contributed by atoms with E-state index in [2.05, 4.69) is 36.4 Å². The van der Waals surface area contributed by atoms with Gasteiger partial charge in [-0.2, -0.15) is 0 Å². The van der Waals surface area contributed by atoms with Crippen molar-refractivity contribution in [2.24, 2.45) is 0 Å². The van der Waals surface area contributed by atoms with Gasteiger partial charge in [-0.1, -0.05) is 91.0 Å². The summed E-state index contributed by atoms with van der Waals surface area (Å²) in [7, 11) is 0. The molecule has 11 heteroatoms. The Morgan fingerprint density at radius 3 is 0.980 bits per heavy atom. The average molecular weight is 692 g/mol. The lowest BCUT2D eigenvalue weighted by Crippen LogP contribution is -2.34. The molecule has 1 heterocycles. The first-order valence-electron chi connectivity index (χ1n) is 17.1. The number of imide groups is 1. The lowest BCUT2D eigenvalue weighted by molar-refractivity contribution is -0.137. The highest BCUT2D eigenvalue weighted by atomic mass is 16.6. The van der Waals surface area contributed by atoms with Gasteiger partial charge >= 0.3 is 0 Å². The molecule has 0 radical (unpaired) electrons. The maximum Gasteiger partial charge on any atom is 0.253 e. The molecule has 50 heavy (non-hydrogen) atoms. The van der Waals surface area contributed by atoms with E-state index in [1.54, 1.807) is 0 Å². The zero-order valence-corrected chi connectivity index (χ0v) is 28.7. The molecule has 11 nitrogen and oxygen atoms in total. The van der Waals surface area contributed by atoms with Crippen LogP contribution in [0.25, 0.3) is 0 Å². The van der Waals surface area contributed by atoms with E-state index in [-0.39, 0.29) is 25.0 Å². The maximum atomic E-state index is 11.4. The number of carbonyl (C=O) groups is 2. The number of nitrogens with zero attached hydrogens (tertiary/aromatic N) is 1. The normalized spacial score (nSPS) is 13.1. The van der Waals surface area contributed by atoms with Crippen LogP contribution in [0.4, 0.5) is 0 Å². The van der Waals surface area contributed by atoms with Crippen LogP contribution in [0.5, 0.6) is 0 Å². The van der Waals surface area contributed by atoms with Crippen molar-refractivity contribution < 1.29 is 47.5 Å². The summed E-state index contributed by atoms with van der Waals surface area (Å²) in [6, 6.07) is 30.9. The van der Waals surface area contributed by atoms with Gasteiger partial charge in [0, 0.05) is 12.2 Å². The lowest BCUT2D eigenvalue weighted by atomic mass is 9.80. The molecule has 0 N–H and O–H groups in total. The summed E-state index contributed by atoms with van der Waals surface area (Å²) < 4.78 is 45.6. The van der Waals surface area contributed by atoms with Crippen molar-refractivity contribution in [2.45, 2.75) is 5.60 Å². The Hall–Kier alpha value is -3.78. The van der Waals surface area contributed by atoms with Crippen molar-refractivity contribution >= 4 is 11.8 Å². The number of hydrogen-bond donors (Lipinski definition) is 0. The van der Waals surface area contributed by atoms with Crippen molar-refractivity contribution in [1.82, 2.24) is 4.90 Å². The van der Waals surface area contributed by atoms with Gasteiger partial charge in [0.05, 0.1) is 106 Å². The largest absolute Gasteiger partial charge is 0.377 e. The monoisotopic (exact) mass is 691 g/mol. The molecule has 4 rings (SSSR count). The number of amides is 2. The van der Waals surface area contributed by atoms with Crippen molar-refractivity contribution in [2.75, 3.05) is 106 Å². The molecule has 3 aromatic rings. The zero-order valence-electron chi connectivity index (χ0n) is 28.7. The molecule has 1 aliphatic rings. The summed E-state index contributed by atoms with van der Waals surface area (Å²) in [6.45, 7) is 6.80. The van der Waals surface area contributed by atoms with Crippen LogP contribution >= 0.6 is 0 Å². The zero-order chi connectivity index (χ0) is 35.0. The Bertz CT molecular complexity index is 1260. The van der Waals surface area contributed by atoms with Crippen LogP contribution in [0.2, 0.25) is 0 Å². The van der Waals surface area contributed by atoms with Gasteiger partial charge in [0.25, 0.3) is 11.8 Å². The van der Waals surface area contributed by atoms with Gasteiger partial charge in [-0.15, -0.1) is 0 Å². The summed E-state index contributed by atoms with van der Waals surface area (Å²) in [6.07, 6.45) is 2.52. The summed E-state index contributed by atoms with van der Waals surface area (Å²) in [5, 5.41) is 0. The highest BCUT2D eigenvalue weighted by Crippen LogP contribution is 2.40. The van der Waals surface area contributed by atoms with Gasteiger partial charge in [0.15, 0.2) is 0 Å². The van der Waals surface area contributed by atoms with E-state index in [4.69, 9.17) is 37.9 Å². The van der Waals surface area contributed by atoms with Gasteiger partial charge in [0.1, 0.15) is 5.60 Å². The first-order chi connectivity index (χ1) is 24.7. The predicted molar refractivity (Wildman–Crippen MR) is 187 cm³/mol. The molecule has 3 aromatic carbocycles. The summed E-state index contributed by atoms with van der Waals surface area (Å²) in [5.41, 5.74) is 2.42. The van der Waals surface area contributed by atoms with Crippen molar-refractivity contribution in [3.8, 4) is 0 Å². The number of rotatable bonds is 28. The fourth-order valence-corrected chi connectivity index (χ4v) is 5.25. The molecule has 270 valence electrons. The highest BCUT2D eigenvalue weighted by Gasteiger charge is 2.37. The Labute approximate surface area is 295 Å².